The van der Waals surface area contributed by atoms with Crippen LogP contribution in [0.5, 0.6) is 0 Å². The minimum absolute atomic E-state index is 0.104. The molecule has 11 nitrogen and oxygen atoms in total. The van der Waals surface area contributed by atoms with Gasteiger partial charge in [-0.2, -0.15) is 0 Å². The first kappa shape index (κ1) is 26.9. The summed E-state index contributed by atoms with van der Waals surface area (Å²) in [6.45, 7) is 4.12. The van der Waals surface area contributed by atoms with Crippen LogP contribution in [-0.4, -0.2) is 60.5 Å². The number of nitrogens with zero attached hydrogens (tertiary/aromatic N) is 2. The molecule has 4 heterocycles. The average Bonchev–Trinajstić information content (AvgIpc) is 3.21. The number of carbonyl (C=O) groups is 4. The summed E-state index contributed by atoms with van der Waals surface area (Å²) in [4.78, 5) is 66.8. The molecular formula is C29H29N5O6S. The molecule has 3 amide bonds. The normalized spacial score (nSPS) is 22.9. The van der Waals surface area contributed by atoms with Crippen molar-refractivity contribution >= 4 is 52.0 Å². The van der Waals surface area contributed by atoms with Crippen molar-refractivity contribution in [1.82, 2.24) is 20.1 Å². The lowest BCUT2D eigenvalue weighted by Crippen LogP contribution is -2.71. The van der Waals surface area contributed by atoms with Crippen LogP contribution < -0.4 is 21.8 Å². The van der Waals surface area contributed by atoms with E-state index in [9.17, 15) is 29.1 Å². The van der Waals surface area contributed by atoms with Crippen LogP contribution in [0.4, 0.5) is 5.69 Å². The highest BCUT2D eigenvalue weighted by Gasteiger charge is 2.64. The van der Waals surface area contributed by atoms with E-state index in [4.69, 9.17) is 5.73 Å². The van der Waals surface area contributed by atoms with E-state index in [1.807, 2.05) is 4.57 Å². The molecule has 0 spiro atoms. The molecule has 3 aromatic rings. The summed E-state index contributed by atoms with van der Waals surface area (Å²) >= 11 is 1.31. The number of hydrogen-bond donors (Lipinski definition) is 4. The zero-order valence-electron chi connectivity index (χ0n) is 22.4. The van der Waals surface area contributed by atoms with Gasteiger partial charge in [0.05, 0.1) is 5.52 Å². The number of carboxylic acids is 1. The van der Waals surface area contributed by atoms with Gasteiger partial charge in [-0.05, 0) is 49.9 Å². The fourth-order valence-electron chi connectivity index (χ4n) is 6.15. The van der Waals surface area contributed by atoms with Gasteiger partial charge in [0.25, 0.3) is 5.91 Å². The molecule has 2 saturated heterocycles. The number of benzene rings is 2. The van der Waals surface area contributed by atoms with Crippen molar-refractivity contribution in [3.63, 3.8) is 0 Å². The molecule has 0 saturated carbocycles. The Morgan fingerprint density at radius 1 is 1.12 bits per heavy atom. The van der Waals surface area contributed by atoms with Crippen LogP contribution >= 0.6 is 11.8 Å². The van der Waals surface area contributed by atoms with Crippen molar-refractivity contribution < 1.29 is 24.3 Å². The fourth-order valence-corrected chi connectivity index (χ4v) is 7.78. The van der Waals surface area contributed by atoms with E-state index in [2.05, 4.69) is 10.6 Å². The SMILES string of the molecule is CC1(C)SC2C(NC(=O)C(NC(=O)c3cn4c5c(c(N)ccc5c3=O)CCC4)c3ccccc3)C(=O)N2C1C(=O)O. The number of aromatic nitrogens is 1. The Bertz CT molecular complexity index is 1690. The number of anilines is 1. The van der Waals surface area contributed by atoms with Crippen LogP contribution in [0.1, 0.15) is 47.8 Å². The van der Waals surface area contributed by atoms with E-state index >= 15 is 0 Å². The van der Waals surface area contributed by atoms with Gasteiger partial charge in [0.2, 0.25) is 17.2 Å². The molecule has 12 heteroatoms. The Balaban J connectivity index is 1.29. The number of rotatable bonds is 6. The number of carbonyl (C=O) groups excluding carboxylic acids is 3. The summed E-state index contributed by atoms with van der Waals surface area (Å²) in [5, 5.41) is 15.0. The van der Waals surface area contributed by atoms with Gasteiger partial charge >= 0.3 is 5.97 Å². The van der Waals surface area contributed by atoms with E-state index in [0.717, 1.165) is 23.9 Å². The maximum atomic E-state index is 13.6. The number of thioether (sulfide) groups is 1. The minimum atomic E-state index is -1.21. The lowest BCUT2D eigenvalue weighted by molar-refractivity contribution is -0.161. The zero-order chi connectivity index (χ0) is 29.2. The Morgan fingerprint density at radius 3 is 2.56 bits per heavy atom. The summed E-state index contributed by atoms with van der Waals surface area (Å²) < 4.78 is 1.11. The number of β-lactam (4-membered cyclic amide) rings is 1. The molecule has 1 aromatic heterocycles. The lowest BCUT2D eigenvalue weighted by atomic mass is 9.95. The molecule has 5 N–H and O–H groups in total. The van der Waals surface area contributed by atoms with Crippen LogP contribution in [0.25, 0.3) is 10.9 Å². The van der Waals surface area contributed by atoms with E-state index in [-0.39, 0.29) is 5.56 Å². The van der Waals surface area contributed by atoms with Crippen LogP contribution in [0.3, 0.4) is 0 Å². The second kappa shape index (κ2) is 9.65. The fraction of sp³-hybridized carbons (Fsp3) is 0.345. The molecular weight excluding hydrogens is 546 g/mol. The second-order valence-electron chi connectivity index (χ2n) is 11.1. The molecule has 212 valence electrons. The number of aryl methyl sites for hydroxylation is 2. The molecule has 2 fully saturated rings. The number of nitrogen functional groups attached to an aromatic ring is 1. The molecule has 2 aromatic carbocycles. The Labute approximate surface area is 239 Å². The summed E-state index contributed by atoms with van der Waals surface area (Å²) in [7, 11) is 0. The topological polar surface area (TPSA) is 164 Å². The number of hydrogen-bond acceptors (Lipinski definition) is 7. The van der Waals surface area contributed by atoms with Crippen molar-refractivity contribution in [1.29, 1.82) is 0 Å². The monoisotopic (exact) mass is 575 g/mol. The summed E-state index contributed by atoms with van der Waals surface area (Å²) in [5.74, 6) is -2.96. The molecule has 6 rings (SSSR count). The van der Waals surface area contributed by atoms with Crippen molar-refractivity contribution in [3.8, 4) is 0 Å². The van der Waals surface area contributed by atoms with E-state index in [1.54, 1.807) is 56.3 Å². The number of fused-ring (bicyclic) bond motifs is 1. The zero-order valence-corrected chi connectivity index (χ0v) is 23.2. The van der Waals surface area contributed by atoms with E-state index < -0.39 is 57.4 Å². The van der Waals surface area contributed by atoms with Gasteiger partial charge in [0.1, 0.15) is 29.1 Å². The number of nitrogens with two attached hydrogens (primary N) is 1. The first-order valence-electron chi connectivity index (χ1n) is 13.3. The number of nitrogens with one attached hydrogen (secondary N) is 2. The quantitative estimate of drug-likeness (QED) is 0.255. The third-order valence-electron chi connectivity index (χ3n) is 8.09. The van der Waals surface area contributed by atoms with Crippen molar-refractivity contribution in [3.05, 3.63) is 75.6 Å². The predicted octanol–water partition coefficient (Wildman–Crippen LogP) is 1.63. The first-order chi connectivity index (χ1) is 19.5. The molecule has 0 aliphatic carbocycles. The van der Waals surface area contributed by atoms with E-state index in [1.165, 1.54) is 22.9 Å². The summed E-state index contributed by atoms with van der Waals surface area (Å²) in [6, 6.07) is 8.65. The molecule has 0 radical (unpaired) electrons. The predicted molar refractivity (Wildman–Crippen MR) is 153 cm³/mol. The average molecular weight is 576 g/mol. The van der Waals surface area contributed by atoms with Crippen LogP contribution in [0, 0.1) is 0 Å². The van der Waals surface area contributed by atoms with Crippen LogP contribution in [0.2, 0.25) is 0 Å². The van der Waals surface area contributed by atoms with Crippen LogP contribution in [-0.2, 0) is 27.3 Å². The molecule has 4 atom stereocenters. The van der Waals surface area contributed by atoms with Gasteiger partial charge in [-0.3, -0.25) is 19.2 Å². The third-order valence-corrected chi connectivity index (χ3v) is 9.67. The van der Waals surface area contributed by atoms with Gasteiger partial charge in [-0.15, -0.1) is 11.8 Å². The molecule has 3 aliphatic heterocycles. The highest BCUT2D eigenvalue weighted by molar-refractivity contribution is 8.01. The second-order valence-corrected chi connectivity index (χ2v) is 12.9. The molecule has 41 heavy (non-hydrogen) atoms. The van der Waals surface area contributed by atoms with Crippen LogP contribution in [0.15, 0.2) is 53.5 Å². The summed E-state index contributed by atoms with van der Waals surface area (Å²) in [6.07, 6.45) is 3.06. The van der Waals surface area contributed by atoms with Crippen molar-refractivity contribution in [2.24, 2.45) is 0 Å². The van der Waals surface area contributed by atoms with E-state index in [0.29, 0.717) is 23.2 Å². The third kappa shape index (κ3) is 4.24. The maximum absolute atomic E-state index is 13.6. The van der Waals surface area contributed by atoms with Gasteiger partial charge < -0.3 is 30.9 Å². The van der Waals surface area contributed by atoms with Gasteiger partial charge in [-0.25, -0.2) is 4.79 Å². The smallest absolute Gasteiger partial charge is 0.327 e. The highest BCUT2D eigenvalue weighted by atomic mass is 32.2. The first-order valence-corrected chi connectivity index (χ1v) is 14.2. The molecule has 0 bridgehead atoms. The largest absolute Gasteiger partial charge is 0.480 e. The minimum Gasteiger partial charge on any atom is -0.480 e. The summed E-state index contributed by atoms with van der Waals surface area (Å²) in [5.41, 5.74) is 8.26. The Hall–Kier alpha value is -4.32. The number of carboxylic acid groups (broad SMARTS) is 1. The Morgan fingerprint density at radius 2 is 1.85 bits per heavy atom. The standard InChI is InChI=1S/C29H29N5O6S/c1-29(2)23(28(39)40)34-26(38)20(27(34)41-29)32-25(37)19(14-7-4-3-5-8-14)31-24(36)17-13-33-12-6-9-15-18(30)11-10-16(21(15)33)22(17)35/h3-5,7-8,10-11,13,19-20,23,27H,6,9,12,30H2,1-2H3,(H,31,36)(H,32,37)(H,39,40). The van der Waals surface area contributed by atoms with Gasteiger partial charge in [-0.1, -0.05) is 30.3 Å². The number of aliphatic carboxylic acids is 1. The number of amides is 3. The lowest BCUT2D eigenvalue weighted by Gasteiger charge is -2.44. The van der Waals surface area contributed by atoms with Gasteiger partial charge in [0, 0.05) is 28.6 Å². The molecule has 4 unspecified atom stereocenters. The maximum Gasteiger partial charge on any atom is 0.327 e. The highest BCUT2D eigenvalue weighted by Crippen LogP contribution is 2.50. The van der Waals surface area contributed by atoms with Crippen molar-refractivity contribution in [2.75, 3.05) is 5.73 Å². The molecule has 3 aliphatic rings. The number of pyridine rings is 1. The van der Waals surface area contributed by atoms with Gasteiger partial charge in [0.15, 0.2) is 0 Å². The van der Waals surface area contributed by atoms with Crippen molar-refractivity contribution in [2.45, 2.75) is 61.5 Å². The Kier molecular flexibility index (Phi) is 6.33.